The van der Waals surface area contributed by atoms with Crippen molar-refractivity contribution in [3.63, 3.8) is 0 Å². The SMILES string of the molecule is O=C1Nc2ccccc2-c2nnnn2C1N1CCCCC1. The first kappa shape index (κ1) is 12.5. The van der Waals surface area contributed by atoms with Gasteiger partial charge in [0.25, 0.3) is 5.91 Å². The summed E-state index contributed by atoms with van der Waals surface area (Å²) < 4.78 is 1.65. The quantitative estimate of drug-likeness (QED) is 0.853. The van der Waals surface area contributed by atoms with Crippen LogP contribution in [0.2, 0.25) is 0 Å². The average molecular weight is 284 g/mol. The lowest BCUT2D eigenvalue weighted by Crippen LogP contribution is -2.43. The summed E-state index contributed by atoms with van der Waals surface area (Å²) in [5.41, 5.74) is 1.62. The highest BCUT2D eigenvalue weighted by Gasteiger charge is 2.35. The molecule has 7 nitrogen and oxygen atoms in total. The predicted molar refractivity (Wildman–Crippen MR) is 76.3 cm³/mol. The number of benzene rings is 1. The molecule has 4 rings (SSSR count). The Morgan fingerprint density at radius 2 is 1.95 bits per heavy atom. The number of tetrazole rings is 1. The highest BCUT2D eigenvalue weighted by atomic mass is 16.2. The van der Waals surface area contributed by atoms with E-state index in [-0.39, 0.29) is 5.91 Å². The minimum atomic E-state index is -0.470. The molecule has 108 valence electrons. The molecular weight excluding hydrogens is 268 g/mol. The second-order valence-electron chi connectivity index (χ2n) is 5.45. The molecule has 1 fully saturated rings. The topological polar surface area (TPSA) is 75.9 Å². The number of carbonyl (C=O) groups excluding carboxylic acids is 1. The molecule has 7 heteroatoms. The van der Waals surface area contributed by atoms with Gasteiger partial charge in [0, 0.05) is 18.7 Å². The third kappa shape index (κ3) is 2.01. The van der Waals surface area contributed by atoms with Crippen molar-refractivity contribution in [2.24, 2.45) is 0 Å². The van der Waals surface area contributed by atoms with Crippen molar-refractivity contribution in [2.75, 3.05) is 18.4 Å². The van der Waals surface area contributed by atoms with Crippen LogP contribution in [-0.2, 0) is 4.79 Å². The molecule has 1 saturated heterocycles. The van der Waals surface area contributed by atoms with Crippen molar-refractivity contribution in [2.45, 2.75) is 25.4 Å². The number of nitrogens with zero attached hydrogens (tertiary/aromatic N) is 5. The number of hydrogen-bond donors (Lipinski definition) is 1. The van der Waals surface area contributed by atoms with Gasteiger partial charge in [-0.1, -0.05) is 18.6 Å². The van der Waals surface area contributed by atoms with Crippen LogP contribution in [0.25, 0.3) is 11.4 Å². The fraction of sp³-hybridized carbons (Fsp3) is 0.429. The van der Waals surface area contributed by atoms with Crippen LogP contribution in [-0.4, -0.2) is 44.1 Å². The Morgan fingerprint density at radius 3 is 2.81 bits per heavy atom. The number of fused-ring (bicyclic) bond motifs is 3. The summed E-state index contributed by atoms with van der Waals surface area (Å²) in [4.78, 5) is 14.8. The van der Waals surface area contributed by atoms with Gasteiger partial charge in [-0.25, -0.2) is 0 Å². The molecule has 0 saturated carbocycles. The average Bonchev–Trinajstić information content (AvgIpc) is 2.94. The number of carbonyl (C=O) groups is 1. The van der Waals surface area contributed by atoms with E-state index in [9.17, 15) is 4.79 Å². The van der Waals surface area contributed by atoms with Crippen molar-refractivity contribution < 1.29 is 4.79 Å². The minimum Gasteiger partial charge on any atom is -0.322 e. The molecule has 0 radical (unpaired) electrons. The van der Waals surface area contributed by atoms with E-state index in [0.29, 0.717) is 5.82 Å². The van der Waals surface area contributed by atoms with Crippen molar-refractivity contribution >= 4 is 11.6 Å². The lowest BCUT2D eigenvalue weighted by Gasteiger charge is -2.32. The van der Waals surface area contributed by atoms with Crippen molar-refractivity contribution in [1.82, 2.24) is 25.1 Å². The number of amides is 1. The van der Waals surface area contributed by atoms with Crippen LogP contribution in [0.5, 0.6) is 0 Å². The fourth-order valence-corrected chi connectivity index (χ4v) is 3.11. The first-order valence-corrected chi connectivity index (χ1v) is 7.27. The number of likely N-dealkylation sites (tertiary alicyclic amines) is 1. The van der Waals surface area contributed by atoms with E-state index in [2.05, 4.69) is 25.7 Å². The van der Waals surface area contributed by atoms with Crippen molar-refractivity contribution in [3.05, 3.63) is 24.3 Å². The number of para-hydroxylation sites is 1. The molecule has 0 aliphatic carbocycles. The van der Waals surface area contributed by atoms with Crippen molar-refractivity contribution in [3.8, 4) is 11.4 Å². The molecule has 1 atom stereocenters. The van der Waals surface area contributed by atoms with Crippen LogP contribution in [0.1, 0.15) is 25.4 Å². The zero-order chi connectivity index (χ0) is 14.2. The van der Waals surface area contributed by atoms with E-state index in [1.165, 1.54) is 6.42 Å². The Kier molecular flexibility index (Phi) is 2.92. The summed E-state index contributed by atoms with van der Waals surface area (Å²) in [5.74, 6) is 0.565. The van der Waals surface area contributed by atoms with Gasteiger partial charge < -0.3 is 5.32 Å². The molecular formula is C14H16N6O. The van der Waals surface area contributed by atoms with Gasteiger partial charge in [0.05, 0.1) is 5.69 Å². The molecule has 1 aromatic carbocycles. The second-order valence-corrected chi connectivity index (χ2v) is 5.45. The molecule has 1 unspecified atom stereocenters. The summed E-state index contributed by atoms with van der Waals surface area (Å²) in [5, 5.41) is 15.0. The largest absolute Gasteiger partial charge is 0.322 e. The van der Waals surface area contributed by atoms with Crippen LogP contribution in [0.3, 0.4) is 0 Å². The normalized spacial score (nSPS) is 22.1. The zero-order valence-corrected chi connectivity index (χ0v) is 11.6. The standard InChI is InChI=1S/C14H16N6O/c21-13-14(19-8-4-1-5-9-19)20-12(16-17-18-20)10-6-2-3-7-11(10)15-13/h2-3,6-7,14H,1,4-5,8-9H2,(H,15,21). The fourth-order valence-electron chi connectivity index (χ4n) is 3.11. The van der Waals surface area contributed by atoms with Crippen LogP contribution >= 0.6 is 0 Å². The monoisotopic (exact) mass is 284 g/mol. The van der Waals surface area contributed by atoms with E-state index < -0.39 is 6.17 Å². The summed E-state index contributed by atoms with van der Waals surface area (Å²) >= 11 is 0. The van der Waals surface area contributed by atoms with Gasteiger partial charge in [0.1, 0.15) is 0 Å². The van der Waals surface area contributed by atoms with Gasteiger partial charge >= 0.3 is 0 Å². The van der Waals surface area contributed by atoms with Crippen molar-refractivity contribution in [1.29, 1.82) is 0 Å². The highest BCUT2D eigenvalue weighted by Crippen LogP contribution is 2.33. The molecule has 0 bridgehead atoms. The minimum absolute atomic E-state index is 0.0737. The first-order chi connectivity index (χ1) is 10.3. The Morgan fingerprint density at radius 1 is 1.14 bits per heavy atom. The maximum Gasteiger partial charge on any atom is 0.264 e. The molecule has 21 heavy (non-hydrogen) atoms. The lowest BCUT2D eigenvalue weighted by atomic mass is 10.1. The van der Waals surface area contributed by atoms with Crippen LogP contribution < -0.4 is 5.32 Å². The summed E-state index contributed by atoms with van der Waals surface area (Å²) in [7, 11) is 0. The van der Waals surface area contributed by atoms with E-state index in [4.69, 9.17) is 0 Å². The lowest BCUT2D eigenvalue weighted by molar-refractivity contribution is -0.125. The highest BCUT2D eigenvalue weighted by molar-refractivity contribution is 5.98. The Bertz CT molecular complexity index is 676. The predicted octanol–water partition coefficient (Wildman–Crippen LogP) is 1.28. The molecule has 1 N–H and O–H groups in total. The first-order valence-electron chi connectivity index (χ1n) is 7.27. The molecule has 2 aromatic rings. The Labute approximate surface area is 121 Å². The van der Waals surface area contributed by atoms with Gasteiger partial charge in [0.2, 0.25) is 0 Å². The molecule has 3 heterocycles. The van der Waals surface area contributed by atoms with Crippen LogP contribution in [0.4, 0.5) is 5.69 Å². The maximum atomic E-state index is 12.7. The molecule has 2 aliphatic heterocycles. The third-order valence-electron chi connectivity index (χ3n) is 4.12. The Hall–Kier alpha value is -2.28. The van der Waals surface area contributed by atoms with Gasteiger partial charge in [0.15, 0.2) is 12.0 Å². The smallest absolute Gasteiger partial charge is 0.264 e. The maximum absolute atomic E-state index is 12.7. The summed E-state index contributed by atoms with van der Waals surface area (Å²) in [6.07, 6.45) is 2.96. The van der Waals surface area contributed by atoms with Gasteiger partial charge in [-0.15, -0.1) is 5.10 Å². The number of anilines is 1. The van der Waals surface area contributed by atoms with Gasteiger partial charge in [-0.05, 0) is 35.4 Å². The van der Waals surface area contributed by atoms with Crippen LogP contribution in [0.15, 0.2) is 24.3 Å². The molecule has 1 aromatic heterocycles. The number of aromatic nitrogens is 4. The number of rotatable bonds is 1. The Balaban J connectivity index is 1.82. The summed E-state index contributed by atoms with van der Waals surface area (Å²) in [6, 6.07) is 7.63. The van der Waals surface area contributed by atoms with Crippen LogP contribution in [0, 0.1) is 0 Å². The number of piperidine rings is 1. The van der Waals surface area contributed by atoms with Gasteiger partial charge in [-0.3, -0.25) is 9.69 Å². The van der Waals surface area contributed by atoms with Gasteiger partial charge in [-0.2, -0.15) is 4.68 Å². The van der Waals surface area contributed by atoms with E-state index in [0.717, 1.165) is 37.2 Å². The number of hydrogen-bond acceptors (Lipinski definition) is 5. The van der Waals surface area contributed by atoms with E-state index in [1.807, 2.05) is 24.3 Å². The van der Waals surface area contributed by atoms with E-state index >= 15 is 0 Å². The zero-order valence-electron chi connectivity index (χ0n) is 11.6. The molecule has 1 amide bonds. The molecule has 0 spiro atoms. The molecule has 2 aliphatic rings. The van der Waals surface area contributed by atoms with E-state index in [1.54, 1.807) is 4.68 Å². The summed E-state index contributed by atoms with van der Waals surface area (Å²) in [6.45, 7) is 1.79. The second kappa shape index (κ2) is 4.92. The number of nitrogens with one attached hydrogen (secondary N) is 1. The third-order valence-corrected chi connectivity index (χ3v) is 4.12.